The van der Waals surface area contributed by atoms with E-state index in [-0.39, 0.29) is 6.04 Å². The van der Waals surface area contributed by atoms with Crippen molar-refractivity contribution in [3.63, 3.8) is 0 Å². The van der Waals surface area contributed by atoms with Gasteiger partial charge in [0.25, 0.3) is 0 Å². The lowest BCUT2D eigenvalue weighted by Gasteiger charge is -2.13. The monoisotopic (exact) mass is 339 g/mol. The van der Waals surface area contributed by atoms with Crippen LogP contribution in [-0.2, 0) is 0 Å². The Morgan fingerprint density at radius 1 is 0.769 bits per heavy atom. The Kier molecular flexibility index (Phi) is 4.52. The van der Waals surface area contributed by atoms with Crippen molar-refractivity contribution in [3.8, 4) is 16.9 Å². The zero-order valence-corrected chi connectivity index (χ0v) is 14.7. The Morgan fingerprint density at radius 3 is 2.00 bits per heavy atom. The van der Waals surface area contributed by atoms with Crippen LogP contribution in [0.4, 0.5) is 5.82 Å². The first-order valence-electron chi connectivity index (χ1n) is 8.83. The molecule has 0 spiro atoms. The minimum absolute atomic E-state index is 0.180. The molecule has 0 aliphatic rings. The lowest BCUT2D eigenvalue weighted by atomic mass is 10.1. The van der Waals surface area contributed by atoms with Crippen molar-refractivity contribution in [2.45, 2.75) is 13.0 Å². The number of hydrogen-bond donors (Lipinski definition) is 1. The summed E-state index contributed by atoms with van der Waals surface area (Å²) in [6.45, 7) is 2.15. The Bertz CT molecular complexity index is 903. The normalized spacial score (nSPS) is 11.9. The molecule has 26 heavy (non-hydrogen) atoms. The Labute approximate surface area is 153 Å². The molecule has 0 fully saturated rings. The molecule has 4 aromatic rings. The summed E-state index contributed by atoms with van der Waals surface area (Å²) in [5.41, 5.74) is 4.50. The number of para-hydroxylation sites is 1. The first-order valence-corrected chi connectivity index (χ1v) is 8.83. The van der Waals surface area contributed by atoms with Gasteiger partial charge in [-0.25, -0.2) is 4.68 Å². The average Bonchev–Trinajstić information content (AvgIpc) is 3.14. The van der Waals surface area contributed by atoms with E-state index in [0.717, 1.165) is 22.8 Å². The molecule has 4 rings (SSSR count). The van der Waals surface area contributed by atoms with Crippen LogP contribution < -0.4 is 5.32 Å². The van der Waals surface area contributed by atoms with E-state index in [0.29, 0.717) is 0 Å². The van der Waals surface area contributed by atoms with E-state index in [2.05, 4.69) is 79.0 Å². The summed E-state index contributed by atoms with van der Waals surface area (Å²) in [5.74, 6) is 0.865. The van der Waals surface area contributed by atoms with E-state index >= 15 is 0 Å². The summed E-state index contributed by atoms with van der Waals surface area (Å²) in [5, 5.41) is 8.35. The number of nitrogens with zero attached hydrogens (tertiary/aromatic N) is 2. The number of benzene rings is 3. The molecular weight excluding hydrogens is 318 g/mol. The highest BCUT2D eigenvalue weighted by Crippen LogP contribution is 2.27. The van der Waals surface area contributed by atoms with Gasteiger partial charge in [-0.2, -0.15) is 0 Å². The SMILES string of the molecule is C[C@H](Nc1cc(-c2ccccc2)n(-c2ccccc2)n1)c1ccccc1. The molecule has 1 atom stereocenters. The van der Waals surface area contributed by atoms with Gasteiger partial charge >= 0.3 is 0 Å². The van der Waals surface area contributed by atoms with Gasteiger partial charge in [-0.15, -0.1) is 5.10 Å². The van der Waals surface area contributed by atoms with Crippen molar-refractivity contribution in [2.75, 3.05) is 5.32 Å². The predicted octanol–water partition coefficient (Wildman–Crippen LogP) is 5.71. The molecule has 0 aliphatic carbocycles. The Balaban J connectivity index is 1.72. The molecule has 1 N–H and O–H groups in total. The quantitative estimate of drug-likeness (QED) is 0.504. The maximum atomic E-state index is 4.83. The van der Waals surface area contributed by atoms with Crippen molar-refractivity contribution in [1.29, 1.82) is 0 Å². The minimum atomic E-state index is 0.180. The zero-order chi connectivity index (χ0) is 17.8. The van der Waals surface area contributed by atoms with Crippen LogP contribution in [0, 0.1) is 0 Å². The van der Waals surface area contributed by atoms with Gasteiger partial charge in [0.15, 0.2) is 0 Å². The maximum Gasteiger partial charge on any atom is 0.149 e. The summed E-state index contributed by atoms with van der Waals surface area (Å²) in [6, 6.07) is 33.3. The van der Waals surface area contributed by atoms with Crippen LogP contribution in [-0.4, -0.2) is 9.78 Å². The smallest absolute Gasteiger partial charge is 0.149 e. The minimum Gasteiger partial charge on any atom is -0.362 e. The highest BCUT2D eigenvalue weighted by molar-refractivity contribution is 5.66. The average molecular weight is 339 g/mol. The van der Waals surface area contributed by atoms with Crippen molar-refractivity contribution in [3.05, 3.63) is 103 Å². The third-order valence-electron chi connectivity index (χ3n) is 4.44. The first kappa shape index (κ1) is 16.2. The van der Waals surface area contributed by atoms with Gasteiger partial charge in [0.1, 0.15) is 5.82 Å². The molecule has 1 heterocycles. The fourth-order valence-corrected chi connectivity index (χ4v) is 3.08. The standard InChI is InChI=1S/C23H21N3/c1-18(19-11-5-2-6-12-19)24-23-17-22(20-13-7-3-8-14-20)26(25-23)21-15-9-4-10-16-21/h2-18H,1H3,(H,24,25)/t18-/m0/s1. The van der Waals surface area contributed by atoms with Crippen LogP contribution in [0.25, 0.3) is 16.9 Å². The van der Waals surface area contributed by atoms with Crippen LogP contribution in [0.1, 0.15) is 18.5 Å². The Morgan fingerprint density at radius 2 is 1.35 bits per heavy atom. The molecule has 0 saturated heterocycles. The molecule has 128 valence electrons. The molecule has 3 aromatic carbocycles. The van der Waals surface area contributed by atoms with Crippen LogP contribution >= 0.6 is 0 Å². The van der Waals surface area contributed by atoms with E-state index in [4.69, 9.17) is 5.10 Å². The van der Waals surface area contributed by atoms with E-state index in [1.807, 2.05) is 35.0 Å². The summed E-state index contributed by atoms with van der Waals surface area (Å²) in [6.07, 6.45) is 0. The molecule has 1 aromatic heterocycles. The summed E-state index contributed by atoms with van der Waals surface area (Å²) >= 11 is 0. The summed E-state index contributed by atoms with van der Waals surface area (Å²) in [7, 11) is 0. The van der Waals surface area contributed by atoms with E-state index in [1.165, 1.54) is 5.56 Å². The molecular formula is C23H21N3. The van der Waals surface area contributed by atoms with Crippen molar-refractivity contribution in [1.82, 2.24) is 9.78 Å². The number of nitrogens with one attached hydrogen (secondary N) is 1. The van der Waals surface area contributed by atoms with Crippen molar-refractivity contribution in [2.24, 2.45) is 0 Å². The third-order valence-corrected chi connectivity index (χ3v) is 4.44. The number of aromatic nitrogens is 2. The summed E-state index contributed by atoms with van der Waals surface area (Å²) in [4.78, 5) is 0. The molecule has 0 amide bonds. The van der Waals surface area contributed by atoms with Gasteiger partial charge in [0.05, 0.1) is 11.4 Å². The van der Waals surface area contributed by atoms with E-state index < -0.39 is 0 Å². The van der Waals surface area contributed by atoms with Gasteiger partial charge in [-0.05, 0) is 24.6 Å². The Hall–Kier alpha value is -3.33. The van der Waals surface area contributed by atoms with E-state index in [9.17, 15) is 0 Å². The van der Waals surface area contributed by atoms with Crippen molar-refractivity contribution < 1.29 is 0 Å². The van der Waals surface area contributed by atoms with Gasteiger partial charge in [0.2, 0.25) is 0 Å². The van der Waals surface area contributed by atoms with Gasteiger partial charge in [-0.1, -0.05) is 78.9 Å². The van der Waals surface area contributed by atoms with Crippen LogP contribution in [0.5, 0.6) is 0 Å². The van der Waals surface area contributed by atoms with E-state index in [1.54, 1.807) is 0 Å². The van der Waals surface area contributed by atoms with Crippen molar-refractivity contribution >= 4 is 5.82 Å². The van der Waals surface area contributed by atoms with Crippen LogP contribution in [0.2, 0.25) is 0 Å². The molecule has 3 heteroatoms. The third kappa shape index (κ3) is 3.38. The fraction of sp³-hybridized carbons (Fsp3) is 0.0870. The lowest BCUT2D eigenvalue weighted by molar-refractivity contribution is 0.841. The molecule has 0 radical (unpaired) electrons. The molecule has 0 bridgehead atoms. The molecule has 0 aliphatic heterocycles. The van der Waals surface area contributed by atoms with Gasteiger partial charge < -0.3 is 5.32 Å². The van der Waals surface area contributed by atoms with Crippen LogP contribution in [0.15, 0.2) is 97.1 Å². The summed E-state index contributed by atoms with van der Waals surface area (Å²) < 4.78 is 2.00. The van der Waals surface area contributed by atoms with Gasteiger partial charge in [-0.3, -0.25) is 0 Å². The second-order valence-corrected chi connectivity index (χ2v) is 6.30. The zero-order valence-electron chi connectivity index (χ0n) is 14.7. The highest BCUT2D eigenvalue weighted by Gasteiger charge is 2.13. The second kappa shape index (κ2) is 7.28. The van der Waals surface area contributed by atoms with Gasteiger partial charge in [0, 0.05) is 17.7 Å². The molecule has 0 saturated carbocycles. The predicted molar refractivity (Wildman–Crippen MR) is 107 cm³/mol. The maximum absolute atomic E-state index is 4.83. The number of anilines is 1. The topological polar surface area (TPSA) is 29.9 Å². The first-order chi connectivity index (χ1) is 12.8. The largest absolute Gasteiger partial charge is 0.362 e. The number of hydrogen-bond acceptors (Lipinski definition) is 2. The highest BCUT2D eigenvalue weighted by atomic mass is 15.3. The number of rotatable bonds is 5. The lowest BCUT2D eigenvalue weighted by Crippen LogP contribution is -2.07. The second-order valence-electron chi connectivity index (χ2n) is 6.30. The van der Waals surface area contributed by atoms with Crippen LogP contribution in [0.3, 0.4) is 0 Å². The fourth-order valence-electron chi connectivity index (χ4n) is 3.08. The molecule has 3 nitrogen and oxygen atoms in total. The molecule has 0 unspecified atom stereocenters.